The van der Waals surface area contributed by atoms with Gasteiger partial charge in [-0.2, -0.15) is 0 Å². The standard InChI is InChI=1S/C21H31Cl2N3O2/c1-14-3-8-18(20(23)19(14)22)26-12-11-25(13-15(26)2)10-9-16-4-6-17(7-5-16)28-21(24)27/h3,8,15-17H,4-7,9-13H2,1-2H3,(H2,24,27)/t15-,16?,17?/m1/s1. The van der Waals surface area contributed by atoms with Crippen molar-refractivity contribution in [3.63, 3.8) is 0 Å². The quantitative estimate of drug-likeness (QED) is 0.728. The lowest BCUT2D eigenvalue weighted by Crippen LogP contribution is -2.52. The van der Waals surface area contributed by atoms with E-state index in [0.717, 1.165) is 63.1 Å². The van der Waals surface area contributed by atoms with Gasteiger partial charge in [0, 0.05) is 25.7 Å². The number of hydrogen-bond donors (Lipinski definition) is 1. The Morgan fingerprint density at radius 2 is 1.89 bits per heavy atom. The Morgan fingerprint density at radius 3 is 2.54 bits per heavy atom. The van der Waals surface area contributed by atoms with E-state index < -0.39 is 6.09 Å². The third-order valence-corrected chi connectivity index (χ3v) is 7.17. The first-order chi connectivity index (χ1) is 13.3. The highest BCUT2D eigenvalue weighted by Gasteiger charge is 2.28. The Labute approximate surface area is 178 Å². The summed E-state index contributed by atoms with van der Waals surface area (Å²) in [6.45, 7) is 8.37. The van der Waals surface area contributed by atoms with Crippen molar-refractivity contribution in [2.75, 3.05) is 31.1 Å². The van der Waals surface area contributed by atoms with Crippen LogP contribution in [0.25, 0.3) is 0 Å². The molecule has 1 aromatic rings. The maximum atomic E-state index is 10.9. The molecule has 1 atom stereocenters. The lowest BCUT2D eigenvalue weighted by Gasteiger charge is -2.42. The molecular weight excluding hydrogens is 397 g/mol. The highest BCUT2D eigenvalue weighted by molar-refractivity contribution is 6.44. The molecule has 0 spiro atoms. The van der Waals surface area contributed by atoms with Gasteiger partial charge in [0.15, 0.2) is 0 Å². The molecule has 1 aliphatic heterocycles. The zero-order valence-electron chi connectivity index (χ0n) is 16.8. The SMILES string of the molecule is Cc1ccc(N2CCN(CCC3CCC(OC(N)=O)CC3)C[C@H]2C)c(Cl)c1Cl. The Bertz CT molecular complexity index is 692. The van der Waals surface area contributed by atoms with Crippen LogP contribution in [0.3, 0.4) is 0 Å². The molecule has 7 heteroatoms. The number of carbonyl (C=O) groups excluding carboxylic acids is 1. The number of nitrogens with two attached hydrogens (primary N) is 1. The van der Waals surface area contributed by atoms with Crippen LogP contribution >= 0.6 is 23.2 Å². The molecule has 1 amide bonds. The predicted octanol–water partition coefficient (Wildman–Crippen LogP) is 4.86. The second kappa shape index (κ2) is 9.55. The molecule has 28 heavy (non-hydrogen) atoms. The first kappa shape index (κ1) is 21.5. The molecule has 0 unspecified atom stereocenters. The molecule has 5 nitrogen and oxygen atoms in total. The minimum Gasteiger partial charge on any atom is -0.446 e. The number of hydrogen-bond acceptors (Lipinski definition) is 4. The average molecular weight is 428 g/mol. The molecule has 2 N–H and O–H groups in total. The van der Waals surface area contributed by atoms with Gasteiger partial charge in [-0.25, -0.2) is 4.79 Å². The largest absolute Gasteiger partial charge is 0.446 e. The van der Waals surface area contributed by atoms with Gasteiger partial charge in [-0.15, -0.1) is 0 Å². The average Bonchev–Trinajstić information content (AvgIpc) is 2.66. The summed E-state index contributed by atoms with van der Waals surface area (Å²) in [5.74, 6) is 0.714. The van der Waals surface area contributed by atoms with Gasteiger partial charge in [-0.1, -0.05) is 29.3 Å². The van der Waals surface area contributed by atoms with E-state index in [-0.39, 0.29) is 6.10 Å². The molecular formula is C21H31Cl2N3O2. The first-order valence-corrected chi connectivity index (χ1v) is 11.0. The summed E-state index contributed by atoms with van der Waals surface area (Å²) >= 11 is 12.9. The van der Waals surface area contributed by atoms with E-state index >= 15 is 0 Å². The van der Waals surface area contributed by atoms with Crippen LogP contribution in [0.15, 0.2) is 12.1 Å². The van der Waals surface area contributed by atoms with Crippen molar-refractivity contribution in [2.24, 2.45) is 11.7 Å². The normalized spacial score (nSPS) is 26.3. The molecule has 0 bridgehead atoms. The Morgan fingerprint density at radius 1 is 1.18 bits per heavy atom. The van der Waals surface area contributed by atoms with E-state index in [4.69, 9.17) is 33.7 Å². The maximum Gasteiger partial charge on any atom is 0.404 e. The molecule has 156 valence electrons. The summed E-state index contributed by atoms with van der Waals surface area (Å²) in [5, 5.41) is 1.32. The minimum absolute atomic E-state index is 0.0170. The number of piperazine rings is 1. The predicted molar refractivity (Wildman–Crippen MR) is 115 cm³/mol. The van der Waals surface area contributed by atoms with Crippen molar-refractivity contribution in [3.05, 3.63) is 27.7 Å². The third-order valence-electron chi connectivity index (χ3n) is 6.21. The second-order valence-electron chi connectivity index (χ2n) is 8.24. The topological polar surface area (TPSA) is 58.8 Å². The fraction of sp³-hybridized carbons (Fsp3) is 0.667. The number of nitrogens with zero attached hydrogens (tertiary/aromatic N) is 2. The van der Waals surface area contributed by atoms with E-state index in [9.17, 15) is 4.79 Å². The molecule has 2 fully saturated rings. The summed E-state index contributed by atoms with van der Waals surface area (Å²) in [7, 11) is 0. The highest BCUT2D eigenvalue weighted by Crippen LogP contribution is 2.36. The van der Waals surface area contributed by atoms with E-state index in [0.29, 0.717) is 22.0 Å². The van der Waals surface area contributed by atoms with Crippen molar-refractivity contribution < 1.29 is 9.53 Å². The third kappa shape index (κ3) is 5.25. The van der Waals surface area contributed by atoms with Crippen molar-refractivity contribution >= 4 is 35.0 Å². The Hall–Kier alpha value is -1.17. The summed E-state index contributed by atoms with van der Waals surface area (Å²) in [6.07, 6.45) is 4.67. The van der Waals surface area contributed by atoms with Crippen LogP contribution in [0.4, 0.5) is 10.5 Å². The summed E-state index contributed by atoms with van der Waals surface area (Å²) < 4.78 is 5.13. The minimum atomic E-state index is -0.648. The van der Waals surface area contributed by atoms with Crippen LogP contribution in [-0.4, -0.2) is 49.3 Å². The van der Waals surface area contributed by atoms with E-state index in [1.807, 2.05) is 13.0 Å². The van der Waals surface area contributed by atoms with Crippen LogP contribution in [0, 0.1) is 12.8 Å². The first-order valence-electron chi connectivity index (χ1n) is 10.2. The van der Waals surface area contributed by atoms with Gasteiger partial charge in [-0.3, -0.25) is 4.90 Å². The van der Waals surface area contributed by atoms with Crippen molar-refractivity contribution in [3.8, 4) is 0 Å². The van der Waals surface area contributed by atoms with Gasteiger partial charge >= 0.3 is 6.09 Å². The number of carbonyl (C=O) groups is 1. The van der Waals surface area contributed by atoms with Crippen molar-refractivity contribution in [2.45, 2.75) is 58.1 Å². The monoisotopic (exact) mass is 427 g/mol. The molecule has 0 radical (unpaired) electrons. The summed E-state index contributed by atoms with van der Waals surface area (Å²) in [4.78, 5) is 15.8. The lowest BCUT2D eigenvalue weighted by molar-refractivity contribution is 0.0676. The molecule has 1 saturated heterocycles. The smallest absolute Gasteiger partial charge is 0.404 e. The summed E-state index contributed by atoms with van der Waals surface area (Å²) in [5.41, 5.74) is 7.17. The molecule has 1 saturated carbocycles. The Balaban J connectivity index is 1.46. The van der Waals surface area contributed by atoms with Crippen LogP contribution in [0.2, 0.25) is 10.0 Å². The number of amides is 1. The number of benzene rings is 1. The van der Waals surface area contributed by atoms with Crippen LogP contribution < -0.4 is 10.6 Å². The molecule has 1 heterocycles. The van der Waals surface area contributed by atoms with Crippen LogP contribution in [0.5, 0.6) is 0 Å². The second-order valence-corrected chi connectivity index (χ2v) is 9.00. The van der Waals surface area contributed by atoms with Crippen LogP contribution in [-0.2, 0) is 4.74 Å². The van der Waals surface area contributed by atoms with Gasteiger partial charge in [0.05, 0.1) is 15.7 Å². The number of anilines is 1. The van der Waals surface area contributed by atoms with Gasteiger partial charge in [0.25, 0.3) is 0 Å². The zero-order valence-corrected chi connectivity index (χ0v) is 18.3. The number of primary amides is 1. The van der Waals surface area contributed by atoms with Crippen LogP contribution in [0.1, 0.15) is 44.6 Å². The fourth-order valence-electron chi connectivity index (χ4n) is 4.52. The van der Waals surface area contributed by atoms with Crippen molar-refractivity contribution in [1.29, 1.82) is 0 Å². The van der Waals surface area contributed by atoms with E-state index in [1.54, 1.807) is 0 Å². The summed E-state index contributed by atoms with van der Waals surface area (Å²) in [6, 6.07) is 4.52. The molecule has 3 rings (SSSR count). The van der Waals surface area contributed by atoms with Crippen molar-refractivity contribution in [1.82, 2.24) is 4.90 Å². The van der Waals surface area contributed by atoms with E-state index in [1.165, 1.54) is 6.42 Å². The molecule has 0 aromatic heterocycles. The highest BCUT2D eigenvalue weighted by atomic mass is 35.5. The molecule has 2 aliphatic rings. The van der Waals surface area contributed by atoms with Gasteiger partial charge in [-0.05, 0) is 70.0 Å². The number of ether oxygens (including phenoxy) is 1. The molecule has 1 aliphatic carbocycles. The van der Waals surface area contributed by atoms with Gasteiger partial charge in [0.2, 0.25) is 0 Å². The maximum absolute atomic E-state index is 10.9. The Kier molecular flexibility index (Phi) is 7.35. The fourth-order valence-corrected chi connectivity index (χ4v) is 5.00. The van der Waals surface area contributed by atoms with E-state index in [2.05, 4.69) is 22.8 Å². The number of rotatable bonds is 5. The number of aryl methyl sites for hydroxylation is 1. The lowest BCUT2D eigenvalue weighted by atomic mass is 9.85. The van der Waals surface area contributed by atoms with Gasteiger partial charge in [0.1, 0.15) is 6.10 Å². The van der Waals surface area contributed by atoms with Gasteiger partial charge < -0.3 is 15.4 Å². The molecule has 1 aromatic carbocycles. The number of halogens is 2. The zero-order chi connectivity index (χ0) is 20.3.